The zero-order chi connectivity index (χ0) is 20.4. The Labute approximate surface area is 171 Å². The second-order valence-corrected chi connectivity index (χ2v) is 8.23. The first kappa shape index (κ1) is 19.6. The highest BCUT2D eigenvalue weighted by molar-refractivity contribution is 5.96. The minimum atomic E-state index is -0.190. The van der Waals surface area contributed by atoms with Crippen molar-refractivity contribution in [3.05, 3.63) is 53.1 Å². The third-order valence-electron chi connectivity index (χ3n) is 6.14. The number of likely N-dealkylation sites (tertiary alicyclic amines) is 1. The highest BCUT2D eigenvalue weighted by Crippen LogP contribution is 2.20. The van der Waals surface area contributed by atoms with E-state index >= 15 is 0 Å². The molecule has 29 heavy (non-hydrogen) atoms. The van der Waals surface area contributed by atoms with Gasteiger partial charge in [0.1, 0.15) is 5.69 Å². The van der Waals surface area contributed by atoms with Crippen molar-refractivity contribution in [1.29, 1.82) is 0 Å². The Hall–Kier alpha value is -2.67. The molecule has 0 bridgehead atoms. The number of hydrogen-bond donors (Lipinski definition) is 1. The Morgan fingerprint density at radius 1 is 1.17 bits per heavy atom. The number of hydrogen-bond acceptors (Lipinski definition) is 4. The summed E-state index contributed by atoms with van der Waals surface area (Å²) in [6.07, 6.45) is 3.85. The predicted molar refractivity (Wildman–Crippen MR) is 111 cm³/mol. The van der Waals surface area contributed by atoms with Crippen molar-refractivity contribution < 1.29 is 9.59 Å². The van der Waals surface area contributed by atoms with Crippen LogP contribution in [0.3, 0.4) is 0 Å². The van der Waals surface area contributed by atoms with E-state index in [2.05, 4.69) is 46.4 Å². The van der Waals surface area contributed by atoms with E-state index in [9.17, 15) is 9.59 Å². The van der Waals surface area contributed by atoms with Crippen LogP contribution in [-0.4, -0.2) is 64.4 Å². The maximum absolute atomic E-state index is 12.5. The van der Waals surface area contributed by atoms with Gasteiger partial charge in [0.05, 0.1) is 0 Å². The largest absolute Gasteiger partial charge is 0.350 e. The van der Waals surface area contributed by atoms with E-state index in [1.54, 1.807) is 22.7 Å². The molecular formula is C22H29N5O2. The second-order valence-electron chi connectivity index (χ2n) is 8.23. The molecule has 0 unspecified atom stereocenters. The van der Waals surface area contributed by atoms with Gasteiger partial charge in [-0.1, -0.05) is 24.3 Å². The summed E-state index contributed by atoms with van der Waals surface area (Å²) in [7, 11) is 1.76. The SMILES string of the molecule is Cc1ccccc1CN1CCC(CNC(=O)c2cn3c(n2)C(=O)N(C)CC3)CC1. The number of amides is 2. The summed E-state index contributed by atoms with van der Waals surface area (Å²) < 4.78 is 1.78. The normalized spacial score (nSPS) is 18.0. The average Bonchev–Trinajstić information content (AvgIpc) is 3.17. The van der Waals surface area contributed by atoms with Crippen molar-refractivity contribution in [2.24, 2.45) is 5.92 Å². The van der Waals surface area contributed by atoms with E-state index in [0.717, 1.165) is 32.5 Å². The van der Waals surface area contributed by atoms with Crippen molar-refractivity contribution in [1.82, 2.24) is 24.7 Å². The van der Waals surface area contributed by atoms with Crippen molar-refractivity contribution in [2.45, 2.75) is 32.9 Å². The smallest absolute Gasteiger partial charge is 0.289 e. The van der Waals surface area contributed by atoms with Gasteiger partial charge in [-0.05, 0) is 49.9 Å². The van der Waals surface area contributed by atoms with Crippen LogP contribution in [0.1, 0.15) is 45.1 Å². The van der Waals surface area contributed by atoms with Crippen LogP contribution in [0.25, 0.3) is 0 Å². The molecule has 0 saturated carbocycles. The van der Waals surface area contributed by atoms with E-state index in [4.69, 9.17) is 0 Å². The minimum absolute atomic E-state index is 0.128. The lowest BCUT2D eigenvalue weighted by atomic mass is 9.96. The molecule has 0 radical (unpaired) electrons. The summed E-state index contributed by atoms with van der Waals surface area (Å²) in [6.45, 7) is 7.24. The van der Waals surface area contributed by atoms with Gasteiger partial charge in [-0.25, -0.2) is 4.98 Å². The van der Waals surface area contributed by atoms with Crippen molar-refractivity contribution in [3.8, 4) is 0 Å². The number of imidazole rings is 1. The highest BCUT2D eigenvalue weighted by Gasteiger charge is 2.26. The molecule has 0 atom stereocenters. The third kappa shape index (κ3) is 4.34. The van der Waals surface area contributed by atoms with E-state index < -0.39 is 0 Å². The van der Waals surface area contributed by atoms with Crippen molar-refractivity contribution >= 4 is 11.8 Å². The molecule has 0 aliphatic carbocycles. The van der Waals surface area contributed by atoms with Crippen molar-refractivity contribution in [3.63, 3.8) is 0 Å². The molecule has 3 heterocycles. The fourth-order valence-electron chi connectivity index (χ4n) is 4.10. The lowest BCUT2D eigenvalue weighted by molar-refractivity contribution is 0.0741. The Balaban J connectivity index is 1.25. The van der Waals surface area contributed by atoms with E-state index in [0.29, 0.717) is 37.1 Å². The Kier molecular flexibility index (Phi) is 5.67. The number of nitrogens with one attached hydrogen (secondary N) is 1. The number of likely N-dealkylation sites (N-methyl/N-ethyl adjacent to an activating group) is 1. The number of benzene rings is 1. The molecule has 0 spiro atoms. The Morgan fingerprint density at radius 3 is 2.69 bits per heavy atom. The van der Waals surface area contributed by atoms with Crippen LogP contribution in [0.15, 0.2) is 30.5 Å². The number of nitrogens with zero attached hydrogens (tertiary/aromatic N) is 4. The van der Waals surface area contributed by atoms with Crippen LogP contribution in [0, 0.1) is 12.8 Å². The summed E-state index contributed by atoms with van der Waals surface area (Å²) in [5.74, 6) is 0.520. The quantitative estimate of drug-likeness (QED) is 0.840. The van der Waals surface area contributed by atoms with Gasteiger partial charge in [-0.2, -0.15) is 0 Å². The first-order chi connectivity index (χ1) is 14.0. The first-order valence-electron chi connectivity index (χ1n) is 10.4. The van der Waals surface area contributed by atoms with Gasteiger partial charge in [0.25, 0.3) is 11.8 Å². The van der Waals surface area contributed by atoms with Crippen LogP contribution in [0.2, 0.25) is 0 Å². The predicted octanol–water partition coefficient (Wildman–Crippen LogP) is 1.92. The molecule has 1 fully saturated rings. The number of aromatic nitrogens is 2. The molecule has 1 aromatic carbocycles. The summed E-state index contributed by atoms with van der Waals surface area (Å²) in [5.41, 5.74) is 3.07. The van der Waals surface area contributed by atoms with E-state index in [-0.39, 0.29) is 11.8 Å². The molecule has 7 nitrogen and oxygen atoms in total. The number of fused-ring (bicyclic) bond motifs is 1. The maximum Gasteiger partial charge on any atom is 0.289 e. The number of piperidine rings is 1. The first-order valence-corrected chi connectivity index (χ1v) is 10.4. The van der Waals surface area contributed by atoms with E-state index in [1.807, 2.05) is 0 Å². The summed E-state index contributed by atoms with van der Waals surface area (Å²) in [5, 5.41) is 3.02. The number of carbonyl (C=O) groups excluding carboxylic acids is 2. The van der Waals surface area contributed by atoms with Crippen LogP contribution in [-0.2, 0) is 13.1 Å². The lowest BCUT2D eigenvalue weighted by Gasteiger charge is -2.32. The lowest BCUT2D eigenvalue weighted by Crippen LogP contribution is -2.38. The topological polar surface area (TPSA) is 70.5 Å². The van der Waals surface area contributed by atoms with Crippen LogP contribution >= 0.6 is 0 Å². The highest BCUT2D eigenvalue weighted by atomic mass is 16.2. The molecule has 1 N–H and O–H groups in total. The number of rotatable bonds is 5. The van der Waals surface area contributed by atoms with Gasteiger partial charge >= 0.3 is 0 Å². The van der Waals surface area contributed by atoms with Gasteiger partial charge in [0.2, 0.25) is 0 Å². The van der Waals surface area contributed by atoms with Crippen LogP contribution in [0.5, 0.6) is 0 Å². The van der Waals surface area contributed by atoms with Crippen LogP contribution < -0.4 is 5.32 Å². The summed E-state index contributed by atoms with van der Waals surface area (Å²) in [6, 6.07) is 8.55. The minimum Gasteiger partial charge on any atom is -0.350 e. The number of carbonyl (C=O) groups is 2. The van der Waals surface area contributed by atoms with Gasteiger partial charge < -0.3 is 14.8 Å². The zero-order valence-corrected chi connectivity index (χ0v) is 17.2. The average molecular weight is 396 g/mol. The molecular weight excluding hydrogens is 366 g/mol. The number of aryl methyl sites for hydroxylation is 1. The van der Waals surface area contributed by atoms with Crippen LogP contribution in [0.4, 0.5) is 0 Å². The Morgan fingerprint density at radius 2 is 1.93 bits per heavy atom. The fraction of sp³-hybridized carbons (Fsp3) is 0.500. The Bertz CT molecular complexity index is 898. The van der Waals surface area contributed by atoms with Crippen molar-refractivity contribution in [2.75, 3.05) is 33.2 Å². The molecule has 2 aliphatic heterocycles. The molecule has 1 saturated heterocycles. The molecule has 1 aromatic heterocycles. The standard InChI is InChI=1S/C22H29N5O2/c1-16-5-3-4-6-18(16)14-26-9-7-17(8-10-26)13-23-21(28)19-15-27-12-11-25(2)22(29)20(27)24-19/h3-6,15,17H,7-14H2,1-2H3,(H,23,28). The summed E-state index contributed by atoms with van der Waals surface area (Å²) >= 11 is 0. The monoisotopic (exact) mass is 395 g/mol. The van der Waals surface area contributed by atoms with Gasteiger partial charge in [0, 0.05) is 39.4 Å². The summed E-state index contributed by atoms with van der Waals surface area (Å²) in [4.78, 5) is 33.1. The molecule has 4 rings (SSSR count). The molecule has 7 heteroatoms. The van der Waals surface area contributed by atoms with Gasteiger partial charge in [0.15, 0.2) is 5.82 Å². The van der Waals surface area contributed by atoms with Gasteiger partial charge in [-0.3, -0.25) is 14.5 Å². The molecule has 2 aromatic rings. The molecule has 2 aliphatic rings. The van der Waals surface area contributed by atoms with Gasteiger partial charge in [-0.15, -0.1) is 0 Å². The molecule has 2 amide bonds. The fourth-order valence-corrected chi connectivity index (χ4v) is 4.10. The zero-order valence-electron chi connectivity index (χ0n) is 17.2. The maximum atomic E-state index is 12.5. The second kappa shape index (κ2) is 8.37. The molecule has 154 valence electrons. The third-order valence-corrected chi connectivity index (χ3v) is 6.14. The van der Waals surface area contributed by atoms with E-state index in [1.165, 1.54) is 11.1 Å².